The van der Waals surface area contributed by atoms with E-state index in [0.717, 1.165) is 39.0 Å². The molecule has 3 atom stereocenters. The van der Waals surface area contributed by atoms with E-state index in [2.05, 4.69) is 23.6 Å². The minimum absolute atomic E-state index is 0.208. The molecule has 0 spiro atoms. The monoisotopic (exact) mass is 297 g/mol. The standard InChI is InChI=1S/C16H31N3O2/c1-12-9-18(10-13(2)21-12)11-14-6-5-7-19(14)15(20)8-16(3,4)17/h12-14H,5-11,17H2,1-4H3/t12-,13+,14-/m0/s1. The van der Waals surface area contributed by atoms with Crippen LogP contribution in [0.15, 0.2) is 0 Å². The van der Waals surface area contributed by atoms with Crippen LogP contribution in [0.4, 0.5) is 0 Å². The van der Waals surface area contributed by atoms with Crippen LogP contribution in [0.25, 0.3) is 0 Å². The van der Waals surface area contributed by atoms with Crippen molar-refractivity contribution in [2.24, 2.45) is 5.73 Å². The second-order valence-corrected chi connectivity index (χ2v) is 7.52. The lowest BCUT2D eigenvalue weighted by Gasteiger charge is -2.38. The minimum Gasteiger partial charge on any atom is -0.373 e. The molecule has 0 aromatic rings. The topological polar surface area (TPSA) is 58.8 Å². The molecule has 1 amide bonds. The average Bonchev–Trinajstić information content (AvgIpc) is 2.73. The Kier molecular flexibility index (Phi) is 5.28. The number of morpholine rings is 1. The summed E-state index contributed by atoms with van der Waals surface area (Å²) in [5.41, 5.74) is 5.57. The quantitative estimate of drug-likeness (QED) is 0.847. The number of rotatable bonds is 4. The summed E-state index contributed by atoms with van der Waals surface area (Å²) < 4.78 is 5.78. The second kappa shape index (κ2) is 6.63. The van der Waals surface area contributed by atoms with Gasteiger partial charge in [0.15, 0.2) is 0 Å². The van der Waals surface area contributed by atoms with Gasteiger partial charge in [0.05, 0.1) is 12.2 Å². The molecule has 0 aromatic carbocycles. The molecule has 2 aliphatic heterocycles. The molecule has 0 aliphatic carbocycles. The number of nitrogens with zero attached hydrogens (tertiary/aromatic N) is 2. The highest BCUT2D eigenvalue weighted by Gasteiger charge is 2.33. The molecule has 2 rings (SSSR count). The van der Waals surface area contributed by atoms with E-state index >= 15 is 0 Å². The smallest absolute Gasteiger partial charge is 0.224 e. The summed E-state index contributed by atoms with van der Waals surface area (Å²) >= 11 is 0. The van der Waals surface area contributed by atoms with Crippen LogP contribution >= 0.6 is 0 Å². The largest absolute Gasteiger partial charge is 0.373 e. The van der Waals surface area contributed by atoms with Gasteiger partial charge in [-0.05, 0) is 40.5 Å². The maximum Gasteiger partial charge on any atom is 0.224 e. The van der Waals surface area contributed by atoms with Gasteiger partial charge in [0.1, 0.15) is 0 Å². The van der Waals surface area contributed by atoms with E-state index in [-0.39, 0.29) is 18.1 Å². The van der Waals surface area contributed by atoms with Crippen molar-refractivity contribution in [3.8, 4) is 0 Å². The first-order chi connectivity index (χ1) is 9.74. The molecule has 2 aliphatic rings. The third-order valence-corrected chi connectivity index (χ3v) is 4.27. The van der Waals surface area contributed by atoms with Gasteiger partial charge >= 0.3 is 0 Å². The van der Waals surface area contributed by atoms with Crippen LogP contribution < -0.4 is 5.73 Å². The van der Waals surface area contributed by atoms with Crippen molar-refractivity contribution in [3.05, 3.63) is 0 Å². The van der Waals surface area contributed by atoms with E-state index < -0.39 is 5.54 Å². The SMILES string of the molecule is C[C@@H]1CN(C[C@@H]2CCCN2C(=O)CC(C)(C)N)C[C@H](C)O1. The fourth-order valence-corrected chi connectivity index (χ4v) is 3.58. The van der Waals surface area contributed by atoms with Crippen LogP contribution in [0.3, 0.4) is 0 Å². The molecule has 2 fully saturated rings. The molecular weight excluding hydrogens is 266 g/mol. The molecule has 0 bridgehead atoms. The van der Waals surface area contributed by atoms with Crippen molar-refractivity contribution in [3.63, 3.8) is 0 Å². The Hall–Kier alpha value is -0.650. The zero-order valence-corrected chi connectivity index (χ0v) is 14.0. The molecule has 0 saturated carbocycles. The minimum atomic E-state index is -0.424. The lowest BCUT2D eigenvalue weighted by Crippen LogP contribution is -2.51. The maximum absolute atomic E-state index is 12.4. The lowest BCUT2D eigenvalue weighted by molar-refractivity contribution is -0.134. The number of ether oxygens (including phenoxy) is 1. The van der Waals surface area contributed by atoms with Gasteiger partial charge in [-0.2, -0.15) is 0 Å². The molecule has 0 radical (unpaired) electrons. The Balaban J connectivity index is 1.91. The fraction of sp³-hybridized carbons (Fsp3) is 0.938. The number of hydrogen-bond donors (Lipinski definition) is 1. The molecule has 2 N–H and O–H groups in total. The maximum atomic E-state index is 12.4. The molecule has 2 heterocycles. The highest BCUT2D eigenvalue weighted by molar-refractivity contribution is 5.78. The Morgan fingerprint density at radius 3 is 2.48 bits per heavy atom. The number of hydrogen-bond acceptors (Lipinski definition) is 4. The van der Waals surface area contributed by atoms with Crippen LogP contribution in [0.1, 0.15) is 47.0 Å². The van der Waals surface area contributed by atoms with Crippen LogP contribution in [-0.4, -0.2) is 65.7 Å². The zero-order valence-electron chi connectivity index (χ0n) is 14.0. The number of amides is 1. The van der Waals surface area contributed by atoms with Crippen molar-refractivity contribution in [2.75, 3.05) is 26.2 Å². The zero-order chi connectivity index (χ0) is 15.6. The molecule has 5 nitrogen and oxygen atoms in total. The fourth-order valence-electron chi connectivity index (χ4n) is 3.58. The van der Waals surface area contributed by atoms with E-state index in [0.29, 0.717) is 12.5 Å². The highest BCUT2D eigenvalue weighted by atomic mass is 16.5. The van der Waals surface area contributed by atoms with Gasteiger partial charge in [-0.15, -0.1) is 0 Å². The first-order valence-corrected chi connectivity index (χ1v) is 8.21. The Morgan fingerprint density at radius 1 is 1.29 bits per heavy atom. The third kappa shape index (κ3) is 4.94. The summed E-state index contributed by atoms with van der Waals surface area (Å²) in [7, 11) is 0. The molecule has 0 aromatic heterocycles. The summed E-state index contributed by atoms with van der Waals surface area (Å²) in [6.07, 6.45) is 3.21. The molecule has 0 unspecified atom stereocenters. The number of nitrogens with two attached hydrogens (primary N) is 1. The Bertz CT molecular complexity index is 357. The van der Waals surface area contributed by atoms with Gasteiger partial charge in [0.25, 0.3) is 0 Å². The Labute approximate surface area is 128 Å². The van der Waals surface area contributed by atoms with Gasteiger partial charge in [0, 0.05) is 44.2 Å². The first-order valence-electron chi connectivity index (χ1n) is 8.21. The number of likely N-dealkylation sites (tertiary alicyclic amines) is 1. The van der Waals surface area contributed by atoms with Crippen molar-refractivity contribution in [1.82, 2.24) is 9.80 Å². The summed E-state index contributed by atoms with van der Waals surface area (Å²) in [5.74, 6) is 0.208. The molecule has 21 heavy (non-hydrogen) atoms. The van der Waals surface area contributed by atoms with E-state index in [9.17, 15) is 4.79 Å². The number of carbonyl (C=O) groups excluding carboxylic acids is 1. The normalized spacial score (nSPS) is 31.7. The summed E-state index contributed by atoms with van der Waals surface area (Å²) in [5, 5.41) is 0. The predicted octanol–water partition coefficient (Wildman–Crippen LogP) is 1.21. The van der Waals surface area contributed by atoms with Crippen molar-refractivity contribution in [2.45, 2.75) is 70.7 Å². The third-order valence-electron chi connectivity index (χ3n) is 4.27. The first kappa shape index (κ1) is 16.7. The predicted molar refractivity (Wildman–Crippen MR) is 84.1 cm³/mol. The van der Waals surface area contributed by atoms with Crippen LogP contribution in [0.5, 0.6) is 0 Å². The van der Waals surface area contributed by atoms with E-state index in [1.165, 1.54) is 0 Å². The van der Waals surface area contributed by atoms with Crippen LogP contribution in [0, 0.1) is 0 Å². The van der Waals surface area contributed by atoms with E-state index in [4.69, 9.17) is 10.5 Å². The summed E-state index contributed by atoms with van der Waals surface area (Å²) in [4.78, 5) is 16.9. The molecule has 5 heteroatoms. The summed E-state index contributed by atoms with van der Waals surface area (Å²) in [6, 6.07) is 0.345. The Morgan fingerprint density at radius 2 is 1.90 bits per heavy atom. The number of carbonyl (C=O) groups is 1. The van der Waals surface area contributed by atoms with Crippen LogP contribution in [0.2, 0.25) is 0 Å². The van der Waals surface area contributed by atoms with E-state index in [1.54, 1.807) is 0 Å². The molecule has 2 saturated heterocycles. The van der Waals surface area contributed by atoms with Gasteiger partial charge in [0.2, 0.25) is 5.91 Å². The summed E-state index contributed by atoms with van der Waals surface area (Å²) in [6.45, 7) is 11.9. The lowest BCUT2D eigenvalue weighted by atomic mass is 10.0. The van der Waals surface area contributed by atoms with Gasteiger partial charge in [-0.25, -0.2) is 0 Å². The molecular formula is C16H31N3O2. The van der Waals surface area contributed by atoms with E-state index in [1.807, 2.05) is 13.8 Å². The second-order valence-electron chi connectivity index (χ2n) is 7.52. The molecule has 122 valence electrons. The van der Waals surface area contributed by atoms with Gasteiger partial charge in [-0.1, -0.05) is 0 Å². The van der Waals surface area contributed by atoms with Gasteiger partial charge in [-0.3, -0.25) is 9.69 Å². The highest BCUT2D eigenvalue weighted by Crippen LogP contribution is 2.22. The van der Waals surface area contributed by atoms with Crippen LogP contribution in [-0.2, 0) is 9.53 Å². The average molecular weight is 297 g/mol. The van der Waals surface area contributed by atoms with Crippen molar-refractivity contribution in [1.29, 1.82) is 0 Å². The van der Waals surface area contributed by atoms with Gasteiger partial charge < -0.3 is 15.4 Å². The van der Waals surface area contributed by atoms with Crippen molar-refractivity contribution < 1.29 is 9.53 Å². The van der Waals surface area contributed by atoms with Crippen molar-refractivity contribution >= 4 is 5.91 Å².